The van der Waals surface area contributed by atoms with E-state index in [4.69, 9.17) is 25.8 Å². The number of nitrogens with one attached hydrogen (secondary N) is 1. The minimum atomic E-state index is -0.914. The summed E-state index contributed by atoms with van der Waals surface area (Å²) in [6, 6.07) is 9.35. The normalized spacial score (nSPS) is 15.7. The summed E-state index contributed by atoms with van der Waals surface area (Å²) in [4.78, 5) is 14.5. The van der Waals surface area contributed by atoms with Gasteiger partial charge in [0, 0.05) is 30.2 Å². The van der Waals surface area contributed by atoms with E-state index in [1.54, 1.807) is 14.2 Å². The van der Waals surface area contributed by atoms with Crippen molar-refractivity contribution in [1.29, 1.82) is 0 Å². The summed E-state index contributed by atoms with van der Waals surface area (Å²) in [5.74, 6) is 1.88. The van der Waals surface area contributed by atoms with Crippen LogP contribution < -0.4 is 19.5 Å². The Hall–Kier alpha value is -2.48. The van der Waals surface area contributed by atoms with Crippen molar-refractivity contribution in [1.82, 2.24) is 10.2 Å². The van der Waals surface area contributed by atoms with E-state index >= 15 is 0 Å². The van der Waals surface area contributed by atoms with Gasteiger partial charge in [-0.3, -0.25) is 9.69 Å². The van der Waals surface area contributed by atoms with E-state index in [1.165, 1.54) is 0 Å². The third-order valence-electron chi connectivity index (χ3n) is 6.03. The lowest BCUT2D eigenvalue weighted by Gasteiger charge is -2.37. The number of ether oxygens (including phenoxy) is 3. The number of para-hydroxylation sites is 1. The number of likely N-dealkylation sites (tertiary alicyclic amines) is 1. The minimum Gasteiger partial charge on any atom is -0.493 e. The van der Waals surface area contributed by atoms with Gasteiger partial charge in [-0.1, -0.05) is 23.7 Å². The van der Waals surface area contributed by atoms with Crippen molar-refractivity contribution in [3.63, 3.8) is 0 Å². The van der Waals surface area contributed by atoms with Crippen LogP contribution in [0, 0.1) is 13.8 Å². The third kappa shape index (κ3) is 6.53. The minimum absolute atomic E-state index is 0.0753. The smallest absolute Gasteiger partial charge is 0.234 e. The summed E-state index contributed by atoms with van der Waals surface area (Å²) in [5, 5.41) is 14.6. The maximum atomic E-state index is 12.5. The molecule has 2 aromatic carbocycles. The molecule has 1 amide bonds. The van der Waals surface area contributed by atoms with E-state index in [1.807, 2.05) is 49.1 Å². The van der Waals surface area contributed by atoms with Gasteiger partial charge in [-0.25, -0.2) is 0 Å². The van der Waals surface area contributed by atoms with E-state index in [0.717, 1.165) is 21.7 Å². The average Bonchev–Trinajstić information content (AvgIpc) is 2.81. The van der Waals surface area contributed by atoms with Gasteiger partial charge in [-0.05, 0) is 56.0 Å². The number of aryl methyl sites for hydroxylation is 2. The number of nitrogens with zero attached hydrogens (tertiary/aromatic N) is 1. The first-order valence-electron chi connectivity index (χ1n) is 11.1. The van der Waals surface area contributed by atoms with Crippen molar-refractivity contribution >= 4 is 17.5 Å². The number of halogens is 1. The molecule has 1 aliphatic rings. The van der Waals surface area contributed by atoms with Crippen LogP contribution in [-0.4, -0.2) is 62.0 Å². The second-order valence-corrected chi connectivity index (χ2v) is 8.97. The monoisotopic (exact) mass is 476 g/mol. The summed E-state index contributed by atoms with van der Waals surface area (Å²) in [6.07, 6.45) is 1.07. The highest BCUT2D eigenvalue weighted by atomic mass is 35.5. The lowest BCUT2D eigenvalue weighted by Crippen LogP contribution is -2.50. The van der Waals surface area contributed by atoms with Gasteiger partial charge in [0.2, 0.25) is 5.91 Å². The van der Waals surface area contributed by atoms with E-state index in [-0.39, 0.29) is 19.1 Å². The summed E-state index contributed by atoms with van der Waals surface area (Å²) >= 11 is 6.21. The van der Waals surface area contributed by atoms with Crippen LogP contribution in [0.15, 0.2) is 30.3 Å². The summed E-state index contributed by atoms with van der Waals surface area (Å²) in [6.45, 7) is 5.95. The first-order chi connectivity index (χ1) is 15.7. The molecule has 8 heteroatoms. The van der Waals surface area contributed by atoms with Crippen molar-refractivity contribution < 1.29 is 24.1 Å². The van der Waals surface area contributed by atoms with Crippen LogP contribution in [0.2, 0.25) is 5.02 Å². The maximum absolute atomic E-state index is 12.5. The van der Waals surface area contributed by atoms with Crippen molar-refractivity contribution in [2.75, 3.05) is 40.5 Å². The number of rotatable bonds is 9. The van der Waals surface area contributed by atoms with Crippen LogP contribution in [-0.2, 0) is 11.3 Å². The molecule has 0 bridgehead atoms. The second-order valence-electron chi connectivity index (χ2n) is 8.59. The van der Waals surface area contributed by atoms with Crippen LogP contribution in [0.4, 0.5) is 0 Å². The molecule has 3 rings (SSSR count). The molecule has 0 unspecified atom stereocenters. The molecule has 1 aliphatic heterocycles. The molecular formula is C25H33ClN2O5. The second kappa shape index (κ2) is 11.1. The highest BCUT2D eigenvalue weighted by Gasteiger charge is 2.33. The van der Waals surface area contributed by atoms with Crippen LogP contribution in [0.3, 0.4) is 0 Å². The Balaban J connectivity index is 1.45. The number of benzene rings is 2. The molecule has 180 valence electrons. The molecule has 2 aromatic rings. The molecule has 1 saturated heterocycles. The number of carbonyl (C=O) groups is 1. The zero-order valence-corrected chi connectivity index (χ0v) is 20.5. The van der Waals surface area contributed by atoms with E-state index in [2.05, 4.69) is 5.32 Å². The summed E-state index contributed by atoms with van der Waals surface area (Å²) in [5.41, 5.74) is 1.84. The molecule has 0 aromatic heterocycles. The summed E-state index contributed by atoms with van der Waals surface area (Å²) in [7, 11) is 3.16. The molecule has 0 saturated carbocycles. The molecule has 0 spiro atoms. The number of carbonyl (C=O) groups excluding carboxylic acids is 1. The maximum Gasteiger partial charge on any atom is 0.234 e. The van der Waals surface area contributed by atoms with Gasteiger partial charge in [0.1, 0.15) is 18.0 Å². The Morgan fingerprint density at radius 3 is 2.42 bits per heavy atom. The number of aliphatic hydroxyl groups is 1. The molecular weight excluding hydrogens is 444 g/mol. The van der Waals surface area contributed by atoms with Crippen LogP contribution in [0.1, 0.15) is 29.5 Å². The lowest BCUT2D eigenvalue weighted by molar-refractivity contribution is -0.124. The van der Waals surface area contributed by atoms with E-state index < -0.39 is 5.60 Å². The Kier molecular flexibility index (Phi) is 8.46. The fraction of sp³-hybridized carbons (Fsp3) is 0.480. The fourth-order valence-electron chi connectivity index (χ4n) is 4.02. The standard InChI is InChI=1S/C25H33ClN2O5/c1-17-12-20(13-18(2)23(17)26)33-16-25(30)8-10-28(11-9-25)15-22(29)27-14-19-6-5-7-21(31-3)24(19)32-4/h5-7,12-13,30H,8-11,14-16H2,1-4H3,(H,27,29). The number of piperidine rings is 1. The number of hydrogen-bond acceptors (Lipinski definition) is 6. The number of methoxy groups -OCH3 is 2. The molecule has 0 aliphatic carbocycles. The molecule has 1 heterocycles. The van der Waals surface area contributed by atoms with Crippen LogP contribution in [0.25, 0.3) is 0 Å². The van der Waals surface area contributed by atoms with E-state index in [9.17, 15) is 9.90 Å². The van der Waals surface area contributed by atoms with Crippen molar-refractivity contribution in [2.45, 2.75) is 38.8 Å². The predicted octanol–water partition coefficient (Wildman–Crippen LogP) is 3.50. The van der Waals surface area contributed by atoms with Gasteiger partial charge in [0.15, 0.2) is 11.5 Å². The molecule has 33 heavy (non-hydrogen) atoms. The Labute approximate surface area is 200 Å². The van der Waals surface area contributed by atoms with Crippen molar-refractivity contribution in [3.05, 3.63) is 52.0 Å². The van der Waals surface area contributed by atoms with Gasteiger partial charge in [0.25, 0.3) is 0 Å². The molecule has 7 nitrogen and oxygen atoms in total. The Bertz CT molecular complexity index is 950. The largest absolute Gasteiger partial charge is 0.493 e. The van der Waals surface area contributed by atoms with E-state index in [0.29, 0.717) is 49.7 Å². The SMILES string of the molecule is COc1cccc(CNC(=O)CN2CCC(O)(COc3cc(C)c(Cl)c(C)c3)CC2)c1OC. The summed E-state index contributed by atoms with van der Waals surface area (Å²) < 4.78 is 16.6. The number of hydrogen-bond donors (Lipinski definition) is 2. The molecule has 2 N–H and O–H groups in total. The first kappa shape index (κ1) is 25.1. The lowest BCUT2D eigenvalue weighted by atomic mass is 9.92. The van der Waals surface area contributed by atoms with Gasteiger partial charge in [-0.15, -0.1) is 0 Å². The first-order valence-corrected chi connectivity index (χ1v) is 11.4. The van der Waals surface area contributed by atoms with Crippen molar-refractivity contribution in [2.24, 2.45) is 0 Å². The van der Waals surface area contributed by atoms with Gasteiger partial charge >= 0.3 is 0 Å². The highest BCUT2D eigenvalue weighted by molar-refractivity contribution is 6.32. The van der Waals surface area contributed by atoms with Gasteiger partial charge in [-0.2, -0.15) is 0 Å². The quantitative estimate of drug-likeness (QED) is 0.576. The van der Waals surface area contributed by atoms with Crippen LogP contribution >= 0.6 is 11.6 Å². The number of amides is 1. The average molecular weight is 477 g/mol. The Morgan fingerprint density at radius 2 is 1.82 bits per heavy atom. The van der Waals surface area contributed by atoms with Crippen LogP contribution in [0.5, 0.6) is 17.2 Å². The Morgan fingerprint density at radius 1 is 1.15 bits per heavy atom. The van der Waals surface area contributed by atoms with Gasteiger partial charge in [0.05, 0.1) is 20.8 Å². The topological polar surface area (TPSA) is 80.3 Å². The fourth-order valence-corrected chi connectivity index (χ4v) is 4.13. The van der Waals surface area contributed by atoms with Crippen molar-refractivity contribution in [3.8, 4) is 17.2 Å². The van der Waals surface area contributed by atoms with Gasteiger partial charge < -0.3 is 24.6 Å². The zero-order chi connectivity index (χ0) is 24.0. The highest BCUT2D eigenvalue weighted by Crippen LogP contribution is 2.31. The zero-order valence-electron chi connectivity index (χ0n) is 19.7. The predicted molar refractivity (Wildman–Crippen MR) is 128 cm³/mol. The molecule has 0 atom stereocenters. The molecule has 1 fully saturated rings. The third-order valence-corrected chi connectivity index (χ3v) is 6.63. The molecule has 0 radical (unpaired) electrons.